The number of ketones is 1. The minimum atomic E-state index is -4.98. The molecule has 13 heteroatoms. The topological polar surface area (TPSA) is 58.2 Å². The second-order valence-corrected chi connectivity index (χ2v) is 11.0. The van der Waals surface area contributed by atoms with E-state index in [0.717, 1.165) is 18.2 Å². The van der Waals surface area contributed by atoms with Gasteiger partial charge < -0.3 is 10.6 Å². The lowest BCUT2D eigenvalue weighted by Crippen LogP contribution is -2.17. The van der Waals surface area contributed by atoms with Crippen LogP contribution in [0.1, 0.15) is 33.0 Å². The van der Waals surface area contributed by atoms with Crippen LogP contribution >= 0.6 is 34.8 Å². The molecule has 0 heterocycles. The van der Waals surface area contributed by atoms with Crippen LogP contribution in [0.25, 0.3) is 0 Å². The van der Waals surface area contributed by atoms with E-state index in [2.05, 4.69) is 16.6 Å². The van der Waals surface area contributed by atoms with E-state index in [4.69, 9.17) is 41.2 Å². The number of carbonyl (C=O) groups excluding carboxylic acids is 2. The molecule has 3 aromatic rings. The first-order chi connectivity index (χ1) is 19.2. The van der Waals surface area contributed by atoms with Crippen molar-refractivity contribution in [3.63, 3.8) is 0 Å². The normalized spacial score (nSPS) is 17.5. The van der Waals surface area contributed by atoms with E-state index in [1.165, 1.54) is 18.2 Å². The third-order valence-electron chi connectivity index (χ3n) is 6.41. The summed E-state index contributed by atoms with van der Waals surface area (Å²) in [5.74, 6) is -4.97. The highest BCUT2D eigenvalue weighted by molar-refractivity contribution is 6.53. The van der Waals surface area contributed by atoms with Gasteiger partial charge in [0.1, 0.15) is 21.7 Å². The van der Waals surface area contributed by atoms with Gasteiger partial charge >= 0.3 is 6.18 Å². The number of alkyl halides is 5. The summed E-state index contributed by atoms with van der Waals surface area (Å²) in [7, 11) is 0. The fourth-order valence-corrected chi connectivity index (χ4v) is 5.41. The van der Waals surface area contributed by atoms with Gasteiger partial charge in [0.05, 0.1) is 23.0 Å². The Bertz CT molecular complexity index is 1590. The zero-order chi connectivity index (χ0) is 30.3. The van der Waals surface area contributed by atoms with Gasteiger partial charge in [0.2, 0.25) is 5.91 Å². The largest absolute Gasteiger partial charge is 0.419 e. The monoisotopic (exact) mass is 632 g/mol. The Morgan fingerprint density at radius 2 is 1.68 bits per heavy atom. The second kappa shape index (κ2) is 11.5. The Labute approximate surface area is 245 Å². The maximum Gasteiger partial charge on any atom is 0.419 e. The van der Waals surface area contributed by atoms with Crippen molar-refractivity contribution in [2.75, 3.05) is 17.2 Å². The number of halogens is 9. The molecule has 214 valence electrons. The molecule has 1 amide bonds. The van der Waals surface area contributed by atoms with Crippen molar-refractivity contribution in [3.8, 4) is 12.3 Å². The van der Waals surface area contributed by atoms with Crippen LogP contribution in [0.2, 0.25) is 5.02 Å². The molecule has 2 atom stereocenters. The van der Waals surface area contributed by atoms with Crippen molar-refractivity contribution >= 4 is 57.9 Å². The van der Waals surface area contributed by atoms with E-state index in [9.17, 15) is 35.9 Å². The molecule has 0 aliphatic heterocycles. The maximum absolute atomic E-state index is 14.8. The summed E-state index contributed by atoms with van der Waals surface area (Å²) in [5, 5.41) is 4.87. The minimum absolute atomic E-state index is 0.0273. The van der Waals surface area contributed by atoms with Crippen LogP contribution < -0.4 is 10.6 Å². The lowest BCUT2D eigenvalue weighted by molar-refractivity contribution is -0.140. The van der Waals surface area contributed by atoms with Gasteiger partial charge in [-0.3, -0.25) is 9.59 Å². The van der Waals surface area contributed by atoms with Crippen molar-refractivity contribution in [1.29, 1.82) is 0 Å². The third kappa shape index (κ3) is 6.27. The molecular formula is C28H17Cl3F6N2O2. The Kier molecular flexibility index (Phi) is 8.55. The van der Waals surface area contributed by atoms with Crippen LogP contribution in [0.5, 0.6) is 0 Å². The first kappa shape index (κ1) is 30.6. The summed E-state index contributed by atoms with van der Waals surface area (Å²) < 4.78 is 80.2. The first-order valence-electron chi connectivity index (χ1n) is 11.7. The lowest BCUT2D eigenvalue weighted by Gasteiger charge is -2.12. The highest BCUT2D eigenvalue weighted by Crippen LogP contribution is 2.65. The number of hydrogen-bond donors (Lipinski definition) is 2. The van der Waals surface area contributed by atoms with Crippen LogP contribution in [0, 0.1) is 35.7 Å². The molecule has 0 spiro atoms. The summed E-state index contributed by atoms with van der Waals surface area (Å²) >= 11 is 18.6. The van der Waals surface area contributed by atoms with Gasteiger partial charge in [0, 0.05) is 23.6 Å². The smallest absolute Gasteiger partial charge is 0.369 e. The summed E-state index contributed by atoms with van der Waals surface area (Å²) in [6.45, 7) is -0.156. The van der Waals surface area contributed by atoms with Crippen LogP contribution in [-0.2, 0) is 17.4 Å². The van der Waals surface area contributed by atoms with Crippen LogP contribution in [0.3, 0.4) is 0 Å². The van der Waals surface area contributed by atoms with Gasteiger partial charge in [-0.2, -0.15) is 13.2 Å². The van der Waals surface area contributed by atoms with E-state index >= 15 is 0 Å². The molecule has 2 N–H and O–H groups in total. The van der Waals surface area contributed by atoms with E-state index in [1.54, 1.807) is 0 Å². The molecule has 4 rings (SSSR count). The average Bonchev–Trinajstić information content (AvgIpc) is 3.48. The summed E-state index contributed by atoms with van der Waals surface area (Å²) in [6, 6.07) is 8.14. The third-order valence-corrected chi connectivity index (χ3v) is 7.68. The first-order valence-corrected chi connectivity index (χ1v) is 12.8. The number of terminal acetylenes is 1. The van der Waals surface area contributed by atoms with Gasteiger partial charge in [0.25, 0.3) is 0 Å². The molecular weight excluding hydrogens is 617 g/mol. The quantitative estimate of drug-likeness (QED) is 0.115. The molecule has 0 aromatic heterocycles. The Morgan fingerprint density at radius 1 is 1.00 bits per heavy atom. The molecule has 1 saturated carbocycles. The number of amides is 1. The predicted molar refractivity (Wildman–Crippen MR) is 144 cm³/mol. The highest BCUT2D eigenvalue weighted by Gasteiger charge is 2.67. The molecule has 0 saturated heterocycles. The van der Waals surface area contributed by atoms with Crippen molar-refractivity contribution in [2.45, 2.75) is 22.8 Å². The van der Waals surface area contributed by atoms with Crippen molar-refractivity contribution < 1.29 is 35.9 Å². The van der Waals surface area contributed by atoms with Gasteiger partial charge in [-0.1, -0.05) is 29.7 Å². The summed E-state index contributed by atoms with van der Waals surface area (Å²) in [4.78, 5) is 26.0. The van der Waals surface area contributed by atoms with Crippen molar-refractivity contribution in [3.05, 3.63) is 93.3 Å². The van der Waals surface area contributed by atoms with Crippen LogP contribution in [0.4, 0.5) is 37.7 Å². The second-order valence-electron chi connectivity index (χ2n) is 9.10. The molecule has 1 fully saturated rings. The molecule has 0 bridgehead atoms. The van der Waals surface area contributed by atoms with E-state index in [1.807, 2.05) is 0 Å². The lowest BCUT2D eigenvalue weighted by atomic mass is 10.0. The molecule has 3 aromatic carbocycles. The SMILES string of the molecule is C#CCNc1c(F)ccc(CC(=O)c2cc(NC(=O)[C@H]3[C@H](c4ccc(F)c(C(F)(F)F)c4)C3(Cl)Cl)ccc2Cl)c1F. The number of nitrogens with one attached hydrogen (secondary N) is 2. The van der Waals surface area contributed by atoms with Crippen molar-refractivity contribution in [2.24, 2.45) is 5.92 Å². The number of hydrogen-bond acceptors (Lipinski definition) is 3. The fourth-order valence-electron chi connectivity index (χ4n) is 4.36. The molecule has 0 unspecified atom stereocenters. The van der Waals surface area contributed by atoms with Gasteiger partial charge in [-0.15, -0.1) is 29.6 Å². The molecule has 41 heavy (non-hydrogen) atoms. The summed E-state index contributed by atoms with van der Waals surface area (Å²) in [6.07, 6.45) is -0.379. The number of anilines is 2. The number of benzene rings is 3. The zero-order valence-electron chi connectivity index (χ0n) is 20.5. The number of carbonyl (C=O) groups is 2. The molecule has 0 radical (unpaired) electrons. The number of Topliss-reactive ketones (excluding diaryl/α,β-unsaturated/α-hetero) is 1. The average molecular weight is 634 g/mol. The number of rotatable bonds is 8. The molecule has 4 nitrogen and oxygen atoms in total. The summed E-state index contributed by atoms with van der Waals surface area (Å²) in [5.41, 5.74) is -2.29. The van der Waals surface area contributed by atoms with Crippen LogP contribution in [0.15, 0.2) is 48.5 Å². The van der Waals surface area contributed by atoms with Gasteiger partial charge in [-0.05, 0) is 47.5 Å². The predicted octanol–water partition coefficient (Wildman–Crippen LogP) is 7.77. The van der Waals surface area contributed by atoms with Crippen molar-refractivity contribution in [1.82, 2.24) is 0 Å². The Balaban J connectivity index is 1.53. The minimum Gasteiger partial charge on any atom is -0.369 e. The molecule has 1 aliphatic carbocycles. The van der Waals surface area contributed by atoms with E-state index in [0.29, 0.717) is 12.1 Å². The Morgan fingerprint density at radius 3 is 2.34 bits per heavy atom. The standard InChI is InChI=1S/C28H17Cl3F6N2O2/c1-2-9-38-25-20(33)8-4-14(24(25)34)11-21(40)16-12-15(5-6-18(16)29)39-26(41)23-22(27(23,30)31)13-3-7-19(32)17(10-13)28(35,36)37/h1,3-8,10,12,22-23,38H,9,11H2,(H,39,41)/t22-,23+/m0/s1. The van der Waals surface area contributed by atoms with Gasteiger partial charge in [0.15, 0.2) is 11.6 Å². The Hall–Kier alpha value is -3.39. The van der Waals surface area contributed by atoms with E-state index < -0.39 is 69.2 Å². The highest BCUT2D eigenvalue weighted by atomic mass is 35.5. The molecule has 1 aliphatic rings. The maximum atomic E-state index is 14.8. The fraction of sp³-hybridized carbons (Fsp3) is 0.214. The van der Waals surface area contributed by atoms with E-state index in [-0.39, 0.29) is 33.9 Å². The van der Waals surface area contributed by atoms with Crippen LogP contribution in [-0.4, -0.2) is 22.6 Å². The zero-order valence-corrected chi connectivity index (χ0v) is 22.8. The van der Waals surface area contributed by atoms with Gasteiger partial charge in [-0.25, -0.2) is 13.2 Å².